The lowest BCUT2D eigenvalue weighted by atomic mass is 9.95. The Labute approximate surface area is 281 Å². The summed E-state index contributed by atoms with van der Waals surface area (Å²) in [4.78, 5) is 48.6. The molecular weight excluding hydrogens is 639 g/mol. The first kappa shape index (κ1) is 33.7. The summed E-state index contributed by atoms with van der Waals surface area (Å²) in [6, 6.07) is 11.3. The van der Waals surface area contributed by atoms with Crippen LogP contribution in [0.2, 0.25) is 0 Å². The van der Waals surface area contributed by atoms with E-state index in [9.17, 15) is 14.4 Å². The zero-order chi connectivity index (χ0) is 33.5. The van der Waals surface area contributed by atoms with Crippen molar-refractivity contribution in [3.63, 3.8) is 0 Å². The molecule has 11 nitrogen and oxygen atoms in total. The topological polar surface area (TPSA) is 141 Å². The smallest absolute Gasteiger partial charge is 0.248 e. The van der Waals surface area contributed by atoms with Crippen LogP contribution in [0.4, 0.5) is 10.8 Å². The van der Waals surface area contributed by atoms with Crippen LogP contribution < -0.4 is 35.6 Å². The van der Waals surface area contributed by atoms with Crippen molar-refractivity contribution in [2.45, 2.75) is 38.3 Å². The van der Waals surface area contributed by atoms with Gasteiger partial charge in [0.05, 0.1) is 38.8 Å². The van der Waals surface area contributed by atoms with Crippen LogP contribution >= 0.6 is 23.1 Å². The molecule has 0 spiro atoms. The van der Waals surface area contributed by atoms with Gasteiger partial charge in [-0.05, 0) is 78.3 Å². The molecule has 0 unspecified atom stereocenters. The molecule has 0 saturated heterocycles. The average molecular weight is 676 g/mol. The number of carbonyl (C=O) groups excluding carboxylic acids is 2. The van der Waals surface area contributed by atoms with Gasteiger partial charge in [0.2, 0.25) is 23.0 Å². The molecule has 4 aromatic rings. The molecule has 5 rings (SSSR count). The van der Waals surface area contributed by atoms with E-state index in [1.54, 1.807) is 38.2 Å². The molecule has 2 aromatic heterocycles. The van der Waals surface area contributed by atoms with E-state index in [1.165, 1.54) is 31.4 Å². The number of nitrogens with zero attached hydrogens (tertiary/aromatic N) is 2. The third kappa shape index (κ3) is 7.52. The highest BCUT2D eigenvalue weighted by atomic mass is 32.2. The van der Waals surface area contributed by atoms with Crippen molar-refractivity contribution in [2.24, 2.45) is 0 Å². The Morgan fingerprint density at radius 3 is 2.55 bits per heavy atom. The summed E-state index contributed by atoms with van der Waals surface area (Å²) in [6.07, 6.45) is 5.24. The zero-order valence-corrected chi connectivity index (χ0v) is 28.5. The number of ether oxygens (including phenoxy) is 3. The number of amides is 2. The van der Waals surface area contributed by atoms with Crippen molar-refractivity contribution >= 4 is 45.7 Å². The minimum Gasteiger partial charge on any atom is -0.493 e. The van der Waals surface area contributed by atoms with Crippen LogP contribution in [-0.4, -0.2) is 61.2 Å². The van der Waals surface area contributed by atoms with Gasteiger partial charge in [-0.1, -0.05) is 12.1 Å². The normalized spacial score (nSPS) is 14.1. The Morgan fingerprint density at radius 1 is 1.06 bits per heavy atom. The number of hydrogen-bond donors (Lipinski definition) is 3. The molecule has 1 aliphatic rings. The zero-order valence-electron chi connectivity index (χ0n) is 26.8. The van der Waals surface area contributed by atoms with Gasteiger partial charge in [-0.25, -0.2) is 4.98 Å². The fourth-order valence-corrected chi connectivity index (χ4v) is 6.85. The highest BCUT2D eigenvalue weighted by Gasteiger charge is 2.30. The Balaban J connectivity index is 1.54. The molecule has 1 aliphatic carbocycles. The third-order valence-electron chi connectivity index (χ3n) is 7.83. The number of rotatable bonds is 12. The van der Waals surface area contributed by atoms with Gasteiger partial charge in [-0.3, -0.25) is 19.4 Å². The largest absolute Gasteiger partial charge is 0.493 e. The fraction of sp³-hybridized carbons (Fsp3) is 0.324. The first-order chi connectivity index (χ1) is 22.8. The van der Waals surface area contributed by atoms with Crippen LogP contribution in [0.15, 0.2) is 58.8 Å². The number of nitrogens with one attached hydrogen (secondary N) is 3. The molecule has 0 bridgehead atoms. The van der Waals surface area contributed by atoms with Gasteiger partial charge in [-0.15, -0.1) is 11.3 Å². The predicted octanol–water partition coefficient (Wildman–Crippen LogP) is 5.55. The molecule has 0 radical (unpaired) electrons. The molecule has 3 N–H and O–H groups in total. The van der Waals surface area contributed by atoms with E-state index in [0.717, 1.165) is 11.1 Å². The predicted molar refractivity (Wildman–Crippen MR) is 187 cm³/mol. The summed E-state index contributed by atoms with van der Waals surface area (Å²) in [5.41, 5.74) is 4.31. The van der Waals surface area contributed by atoms with E-state index in [2.05, 4.69) is 25.9 Å². The van der Waals surface area contributed by atoms with Crippen LogP contribution in [0.25, 0.3) is 22.5 Å². The third-order valence-corrected chi connectivity index (χ3v) is 9.24. The van der Waals surface area contributed by atoms with Crippen LogP contribution in [0, 0.1) is 0 Å². The van der Waals surface area contributed by atoms with Gasteiger partial charge in [0.15, 0.2) is 16.6 Å². The molecule has 246 valence electrons. The highest BCUT2D eigenvalue weighted by Crippen LogP contribution is 2.50. The second-order valence-corrected chi connectivity index (χ2v) is 12.7. The molecule has 0 saturated carbocycles. The molecule has 13 heteroatoms. The maximum atomic E-state index is 13.9. The van der Waals surface area contributed by atoms with E-state index in [-0.39, 0.29) is 22.9 Å². The van der Waals surface area contributed by atoms with Crippen molar-refractivity contribution in [3.05, 3.63) is 75.4 Å². The maximum absolute atomic E-state index is 13.9. The van der Waals surface area contributed by atoms with Crippen LogP contribution in [0.5, 0.6) is 17.2 Å². The maximum Gasteiger partial charge on any atom is 0.248 e. The van der Waals surface area contributed by atoms with Crippen molar-refractivity contribution in [3.8, 4) is 39.8 Å². The minimum atomic E-state index is -0.725. The van der Waals surface area contributed by atoms with E-state index >= 15 is 0 Å². The Bertz CT molecular complexity index is 1820. The second-order valence-electron chi connectivity index (χ2n) is 10.8. The Kier molecular flexibility index (Phi) is 11.0. The molecule has 2 aromatic carbocycles. The van der Waals surface area contributed by atoms with E-state index < -0.39 is 12.1 Å². The number of carbonyl (C=O) groups is 2. The number of thioether (sulfide) groups is 1. The lowest BCUT2D eigenvalue weighted by Gasteiger charge is -2.19. The van der Waals surface area contributed by atoms with Gasteiger partial charge in [-0.2, -0.15) is 11.8 Å². The van der Waals surface area contributed by atoms with E-state index in [4.69, 9.17) is 14.2 Å². The average Bonchev–Trinajstić information content (AvgIpc) is 3.42. The molecular formula is C34H37N5O6S2. The molecule has 0 fully saturated rings. The van der Waals surface area contributed by atoms with Crippen molar-refractivity contribution < 1.29 is 23.8 Å². The number of hydrogen-bond acceptors (Lipinski definition) is 11. The minimum absolute atomic E-state index is 0.214. The molecule has 2 amide bonds. The number of aryl methyl sites for hydroxylation is 1. The van der Waals surface area contributed by atoms with Crippen molar-refractivity contribution in [1.29, 1.82) is 0 Å². The van der Waals surface area contributed by atoms with Gasteiger partial charge in [0, 0.05) is 24.1 Å². The van der Waals surface area contributed by atoms with E-state index in [0.29, 0.717) is 69.9 Å². The number of methoxy groups -OCH3 is 3. The monoisotopic (exact) mass is 675 g/mol. The number of thiazole rings is 1. The van der Waals surface area contributed by atoms with Crippen molar-refractivity contribution in [2.75, 3.05) is 44.0 Å². The number of benzene rings is 1. The number of anilines is 2. The van der Waals surface area contributed by atoms with Crippen molar-refractivity contribution in [1.82, 2.24) is 15.3 Å². The number of aromatic nitrogens is 2. The van der Waals surface area contributed by atoms with Gasteiger partial charge >= 0.3 is 0 Å². The second kappa shape index (κ2) is 15.3. The molecule has 2 atom stereocenters. The number of pyridine rings is 1. The summed E-state index contributed by atoms with van der Waals surface area (Å²) in [7, 11) is 4.66. The lowest BCUT2D eigenvalue weighted by molar-refractivity contribution is -0.120. The standard InChI is InChI=1S/C34H37N5O6S2/c1-19(40)36-23-11-9-20-16-29(43-2)31(44-3)32(45-4)30(20)21-10-12-25(28(41)17-22(21)23)37-26(13-15-46-5)33(42)39-34-38-27(18-47-34)24-8-6-7-14-35-24/h6-8,10,12,14,16-18,23,26H,9,11,13,15H2,1-5H3,(H,36,40)(H,37,41)(H,38,39,42)/t23-,26+/m1/s1. The van der Waals surface area contributed by atoms with E-state index in [1.807, 2.05) is 42.0 Å². The van der Waals surface area contributed by atoms with Gasteiger partial charge in [0.1, 0.15) is 11.7 Å². The summed E-state index contributed by atoms with van der Waals surface area (Å²) >= 11 is 2.91. The molecule has 47 heavy (non-hydrogen) atoms. The first-order valence-corrected chi connectivity index (χ1v) is 17.3. The van der Waals surface area contributed by atoms with Gasteiger partial charge in [0.25, 0.3) is 0 Å². The fourth-order valence-electron chi connectivity index (χ4n) is 5.67. The summed E-state index contributed by atoms with van der Waals surface area (Å²) in [6.45, 7) is 1.45. The van der Waals surface area contributed by atoms with Gasteiger partial charge < -0.3 is 30.2 Å². The quantitative estimate of drug-likeness (QED) is 0.175. The lowest BCUT2D eigenvalue weighted by Crippen LogP contribution is -2.36. The first-order valence-electron chi connectivity index (χ1n) is 15.0. The molecule has 0 aliphatic heterocycles. The highest BCUT2D eigenvalue weighted by molar-refractivity contribution is 7.98. The summed E-state index contributed by atoms with van der Waals surface area (Å²) in [5, 5.41) is 11.4. The van der Waals surface area contributed by atoms with Crippen LogP contribution in [0.1, 0.15) is 36.9 Å². The Morgan fingerprint density at radius 2 is 1.87 bits per heavy atom. The number of fused-ring (bicyclic) bond motifs is 3. The SMILES string of the molecule is COc1cc2c(c(OC)c1OC)-c1ccc(N[C@@H](CCSC)C(=O)Nc3nc(-c4ccccn4)cs3)c(=O)cc1[C@H](NC(C)=O)CC2. The summed E-state index contributed by atoms with van der Waals surface area (Å²) < 4.78 is 17.2. The van der Waals surface area contributed by atoms with Crippen LogP contribution in [0.3, 0.4) is 0 Å². The summed E-state index contributed by atoms with van der Waals surface area (Å²) in [5.74, 6) is 1.56. The molecule has 2 heterocycles. The Hall–Kier alpha value is -4.62. The van der Waals surface area contributed by atoms with Crippen LogP contribution in [-0.2, 0) is 16.0 Å².